The van der Waals surface area contributed by atoms with Gasteiger partial charge in [-0.15, -0.1) is 0 Å². The summed E-state index contributed by atoms with van der Waals surface area (Å²) in [6.07, 6.45) is -2.74. The molecule has 1 aliphatic rings. The van der Waals surface area contributed by atoms with Gasteiger partial charge in [-0.05, 0) is 29.8 Å². The van der Waals surface area contributed by atoms with Crippen molar-refractivity contribution in [3.8, 4) is 23.0 Å². The number of methoxy groups -OCH3 is 3. The van der Waals surface area contributed by atoms with Gasteiger partial charge in [0.15, 0.2) is 23.7 Å². The van der Waals surface area contributed by atoms with Gasteiger partial charge in [-0.3, -0.25) is 4.79 Å². The molecule has 7 heteroatoms. The fraction of sp³-hybridized carbons (Fsp3) is 0.350. The topological polar surface area (TPSA) is 83.5 Å². The first kappa shape index (κ1) is 18.8. The van der Waals surface area contributed by atoms with Crippen molar-refractivity contribution in [2.75, 3.05) is 21.3 Å². The number of carbonyl (C=O) groups is 1. The lowest BCUT2D eigenvalue weighted by Gasteiger charge is -2.36. The van der Waals surface area contributed by atoms with Crippen LogP contribution in [0.4, 0.5) is 0 Å². The van der Waals surface area contributed by atoms with E-state index in [4.69, 9.17) is 23.7 Å². The van der Waals surface area contributed by atoms with E-state index >= 15 is 0 Å². The van der Waals surface area contributed by atoms with E-state index in [9.17, 15) is 9.90 Å². The molecule has 1 N–H and O–H groups in total. The number of fused-ring (bicyclic) bond motifs is 1. The van der Waals surface area contributed by atoms with Crippen LogP contribution in [0.25, 0.3) is 0 Å². The summed E-state index contributed by atoms with van der Waals surface area (Å²) in [6.45, 7) is 1.30. The number of benzene rings is 2. The number of hydrogen-bond acceptors (Lipinski definition) is 7. The van der Waals surface area contributed by atoms with E-state index in [1.807, 2.05) is 0 Å². The smallest absolute Gasteiger partial charge is 0.303 e. The van der Waals surface area contributed by atoms with Gasteiger partial charge >= 0.3 is 5.97 Å². The van der Waals surface area contributed by atoms with Crippen LogP contribution < -0.4 is 18.9 Å². The van der Waals surface area contributed by atoms with Gasteiger partial charge in [0.1, 0.15) is 17.6 Å². The minimum absolute atomic E-state index is 0.477. The van der Waals surface area contributed by atoms with Crippen LogP contribution >= 0.6 is 0 Å². The Balaban J connectivity index is 2.05. The van der Waals surface area contributed by atoms with Crippen LogP contribution in [0.3, 0.4) is 0 Å². The molecule has 2 aromatic carbocycles. The first-order valence-corrected chi connectivity index (χ1v) is 8.40. The molecule has 1 aliphatic heterocycles. The Kier molecular flexibility index (Phi) is 5.41. The van der Waals surface area contributed by atoms with Crippen molar-refractivity contribution in [1.29, 1.82) is 0 Å². The molecular formula is C20H22O7. The summed E-state index contributed by atoms with van der Waals surface area (Å²) >= 11 is 0. The monoisotopic (exact) mass is 374 g/mol. The second-order valence-corrected chi connectivity index (χ2v) is 6.08. The van der Waals surface area contributed by atoms with Gasteiger partial charge in [-0.25, -0.2) is 0 Å². The highest BCUT2D eigenvalue weighted by molar-refractivity contribution is 5.66. The maximum Gasteiger partial charge on any atom is 0.303 e. The second-order valence-electron chi connectivity index (χ2n) is 6.08. The van der Waals surface area contributed by atoms with Crippen LogP contribution in [0.15, 0.2) is 36.4 Å². The molecule has 0 aliphatic carbocycles. The summed E-state index contributed by atoms with van der Waals surface area (Å²) in [5, 5.41) is 10.9. The van der Waals surface area contributed by atoms with Gasteiger partial charge in [0.2, 0.25) is 0 Å². The average molecular weight is 374 g/mol. The average Bonchev–Trinajstić information content (AvgIpc) is 2.68. The maximum atomic E-state index is 11.6. The van der Waals surface area contributed by atoms with Crippen LogP contribution in [0.2, 0.25) is 0 Å². The third-order valence-electron chi connectivity index (χ3n) is 4.43. The van der Waals surface area contributed by atoms with Crippen molar-refractivity contribution in [3.63, 3.8) is 0 Å². The van der Waals surface area contributed by atoms with Crippen LogP contribution in [0.1, 0.15) is 30.3 Å². The van der Waals surface area contributed by atoms with Gasteiger partial charge in [0.05, 0.1) is 21.3 Å². The number of aliphatic hydroxyl groups excluding tert-OH is 1. The van der Waals surface area contributed by atoms with Crippen LogP contribution in [-0.4, -0.2) is 38.5 Å². The predicted molar refractivity (Wildman–Crippen MR) is 96.4 cm³/mol. The standard InChI is InChI=1S/C20H22O7/c1-11(21)26-20-14-7-6-13(23-2)10-16(14)27-19(18(20)22)12-5-8-15(24-3)17(9-12)25-4/h5-10,18-20,22H,1-4H3. The molecule has 7 nitrogen and oxygen atoms in total. The lowest BCUT2D eigenvalue weighted by molar-refractivity contribution is -0.160. The van der Waals surface area contributed by atoms with E-state index < -0.39 is 24.3 Å². The maximum absolute atomic E-state index is 11.6. The van der Waals surface area contributed by atoms with Crippen LogP contribution in [-0.2, 0) is 9.53 Å². The Morgan fingerprint density at radius 1 is 1.00 bits per heavy atom. The molecule has 27 heavy (non-hydrogen) atoms. The fourth-order valence-electron chi connectivity index (χ4n) is 3.14. The third-order valence-corrected chi connectivity index (χ3v) is 4.43. The molecular weight excluding hydrogens is 352 g/mol. The van der Waals surface area contributed by atoms with E-state index in [1.54, 1.807) is 50.6 Å². The van der Waals surface area contributed by atoms with Crippen molar-refractivity contribution < 1.29 is 33.6 Å². The lowest BCUT2D eigenvalue weighted by atomic mass is 9.91. The highest BCUT2D eigenvalue weighted by Crippen LogP contribution is 2.45. The summed E-state index contributed by atoms with van der Waals surface area (Å²) in [4.78, 5) is 11.6. The van der Waals surface area contributed by atoms with E-state index in [-0.39, 0.29) is 0 Å². The fourth-order valence-corrected chi connectivity index (χ4v) is 3.14. The van der Waals surface area contributed by atoms with Gasteiger partial charge in [0, 0.05) is 18.6 Å². The molecule has 2 aromatic rings. The Labute approximate surface area is 157 Å². The van der Waals surface area contributed by atoms with Gasteiger partial charge in [-0.2, -0.15) is 0 Å². The molecule has 0 bridgehead atoms. The number of ether oxygens (including phenoxy) is 5. The molecule has 0 saturated carbocycles. The molecule has 0 aromatic heterocycles. The van der Waals surface area contributed by atoms with E-state index in [2.05, 4.69) is 0 Å². The Bertz CT molecular complexity index is 833. The molecule has 0 fully saturated rings. The number of hydrogen-bond donors (Lipinski definition) is 1. The molecule has 1 heterocycles. The molecule has 0 radical (unpaired) electrons. The molecule has 3 rings (SSSR count). The molecule has 0 spiro atoms. The van der Waals surface area contributed by atoms with Crippen LogP contribution in [0, 0.1) is 0 Å². The second kappa shape index (κ2) is 7.75. The molecule has 144 valence electrons. The SMILES string of the molecule is COc1ccc2c(c1)OC(c1ccc(OC)c(OC)c1)C(O)C2OC(C)=O. The summed E-state index contributed by atoms with van der Waals surface area (Å²) in [5.41, 5.74) is 1.24. The first-order chi connectivity index (χ1) is 13.0. The summed E-state index contributed by atoms with van der Waals surface area (Å²) in [5.74, 6) is 1.65. The summed E-state index contributed by atoms with van der Waals surface area (Å²) in [7, 11) is 4.62. The normalized spacial score (nSPS) is 20.9. The molecule has 3 atom stereocenters. The van der Waals surface area contributed by atoms with Crippen molar-refractivity contribution >= 4 is 5.97 Å². The molecule has 0 saturated heterocycles. The summed E-state index contributed by atoms with van der Waals surface area (Å²) in [6, 6.07) is 10.4. The van der Waals surface area contributed by atoms with Crippen molar-refractivity contribution in [1.82, 2.24) is 0 Å². The zero-order valence-electron chi connectivity index (χ0n) is 15.6. The van der Waals surface area contributed by atoms with Crippen molar-refractivity contribution in [3.05, 3.63) is 47.5 Å². The zero-order valence-corrected chi connectivity index (χ0v) is 15.6. The summed E-state index contributed by atoms with van der Waals surface area (Å²) < 4.78 is 27.3. The Morgan fingerprint density at radius 2 is 1.74 bits per heavy atom. The number of rotatable bonds is 5. The minimum atomic E-state index is -1.10. The predicted octanol–water partition coefficient (Wildman–Crippen LogP) is 2.81. The van der Waals surface area contributed by atoms with E-state index in [0.29, 0.717) is 34.1 Å². The molecule has 0 amide bonds. The quantitative estimate of drug-likeness (QED) is 0.806. The lowest BCUT2D eigenvalue weighted by Crippen LogP contribution is -2.36. The largest absolute Gasteiger partial charge is 0.497 e. The van der Waals surface area contributed by atoms with Crippen molar-refractivity contribution in [2.24, 2.45) is 0 Å². The Morgan fingerprint density at radius 3 is 2.37 bits per heavy atom. The number of aliphatic hydroxyl groups is 1. The van der Waals surface area contributed by atoms with E-state index in [1.165, 1.54) is 14.0 Å². The molecule has 3 unspecified atom stereocenters. The van der Waals surface area contributed by atoms with E-state index in [0.717, 1.165) is 0 Å². The third kappa shape index (κ3) is 3.64. The highest BCUT2D eigenvalue weighted by atomic mass is 16.6. The van der Waals surface area contributed by atoms with Gasteiger partial charge in [-0.1, -0.05) is 6.07 Å². The van der Waals surface area contributed by atoms with Gasteiger partial charge in [0.25, 0.3) is 0 Å². The minimum Gasteiger partial charge on any atom is -0.497 e. The zero-order chi connectivity index (χ0) is 19.6. The first-order valence-electron chi connectivity index (χ1n) is 8.40. The number of esters is 1. The Hall–Kier alpha value is -2.93. The van der Waals surface area contributed by atoms with Gasteiger partial charge < -0.3 is 28.8 Å². The van der Waals surface area contributed by atoms with Crippen molar-refractivity contribution in [2.45, 2.75) is 25.2 Å². The number of carbonyl (C=O) groups excluding carboxylic acids is 1. The highest BCUT2D eigenvalue weighted by Gasteiger charge is 2.40. The van der Waals surface area contributed by atoms with Crippen LogP contribution in [0.5, 0.6) is 23.0 Å².